The Morgan fingerprint density at radius 1 is 0.868 bits per heavy atom. The minimum atomic E-state index is -1.39. The molecule has 21 heteroatoms. The van der Waals surface area contributed by atoms with Crippen LogP contribution in [0.15, 0.2) is 47.8 Å². The summed E-state index contributed by atoms with van der Waals surface area (Å²) in [4.78, 5) is 135. The number of aromatic amines is 1. The Morgan fingerprint density at radius 2 is 1.60 bits per heavy atom. The SMILES string of the molecule is CCCCC(NC(C)=O)C(=O)N[C@H]1CCC(=O)NCC[C@@H](C(=O)C[C@@H](CCCCN)C(N)=O)CC(=O)[C@H](CCCN=C(N)N)CC(=O)[C@@H](Cc2ccccc2)NC(=O)[C@H](Cc2cnc[nH]2)NC1=O. The summed E-state index contributed by atoms with van der Waals surface area (Å²) in [6, 6.07) is 3.95. The van der Waals surface area contributed by atoms with E-state index in [1.54, 1.807) is 30.3 Å². The molecule has 14 N–H and O–H groups in total. The predicted octanol–water partition coefficient (Wildman–Crippen LogP) is 0.0384. The molecule has 2 heterocycles. The molecule has 0 aliphatic carbocycles. The highest BCUT2D eigenvalue weighted by Gasteiger charge is 2.35. The van der Waals surface area contributed by atoms with Crippen LogP contribution in [0, 0.1) is 17.8 Å². The smallest absolute Gasteiger partial charge is 0.243 e. The third-order valence-corrected chi connectivity index (χ3v) is 11.9. The zero-order chi connectivity index (χ0) is 50.0. The van der Waals surface area contributed by atoms with Crippen LogP contribution in [-0.2, 0) is 56.0 Å². The molecule has 0 radical (unpaired) electrons. The van der Waals surface area contributed by atoms with Gasteiger partial charge in [0.2, 0.25) is 35.4 Å². The Balaban J connectivity index is 2.12. The van der Waals surface area contributed by atoms with Crippen molar-refractivity contribution in [1.29, 1.82) is 0 Å². The number of hydrogen-bond donors (Lipinski definition) is 10. The van der Waals surface area contributed by atoms with E-state index in [1.807, 2.05) is 6.92 Å². The van der Waals surface area contributed by atoms with E-state index in [-0.39, 0.29) is 89.7 Å². The highest BCUT2D eigenvalue weighted by atomic mass is 16.2. The lowest BCUT2D eigenvalue weighted by molar-refractivity contribution is -0.135. The molecule has 6 amide bonds. The number of benzene rings is 1. The molecule has 1 aromatic carbocycles. The Bertz CT molecular complexity index is 2010. The van der Waals surface area contributed by atoms with Crippen LogP contribution in [-0.4, -0.2) is 113 Å². The van der Waals surface area contributed by atoms with Crippen molar-refractivity contribution in [2.75, 3.05) is 19.6 Å². The highest BCUT2D eigenvalue weighted by molar-refractivity contribution is 5.98. The molecule has 0 saturated carbocycles. The van der Waals surface area contributed by atoms with Crippen LogP contribution < -0.4 is 49.5 Å². The van der Waals surface area contributed by atoms with Gasteiger partial charge < -0.3 is 54.5 Å². The number of nitrogens with one attached hydrogen (secondary N) is 6. The van der Waals surface area contributed by atoms with E-state index < -0.39 is 94.7 Å². The molecule has 1 saturated heterocycles. The highest BCUT2D eigenvalue weighted by Crippen LogP contribution is 2.25. The summed E-state index contributed by atoms with van der Waals surface area (Å²) >= 11 is 0. The lowest BCUT2D eigenvalue weighted by Crippen LogP contribution is -2.58. The number of aliphatic imine (C=N–C) groups is 1. The first-order valence-electron chi connectivity index (χ1n) is 23.6. The number of ketones is 3. The van der Waals surface area contributed by atoms with Gasteiger partial charge in [-0.25, -0.2) is 4.98 Å². The number of hydrogen-bond acceptors (Lipinski definition) is 12. The first-order chi connectivity index (χ1) is 32.5. The number of carbonyl (C=O) groups excluding carboxylic acids is 9. The van der Waals surface area contributed by atoms with E-state index in [0.717, 1.165) is 0 Å². The van der Waals surface area contributed by atoms with Crippen LogP contribution in [0.5, 0.6) is 0 Å². The number of imidazole rings is 1. The van der Waals surface area contributed by atoms with Gasteiger partial charge in [0.1, 0.15) is 29.7 Å². The van der Waals surface area contributed by atoms with Crippen LogP contribution >= 0.6 is 0 Å². The molecular weight excluding hydrogens is 877 g/mol. The molecule has 1 aliphatic heterocycles. The minimum Gasteiger partial charge on any atom is -0.370 e. The molecule has 374 valence electrons. The largest absolute Gasteiger partial charge is 0.370 e. The van der Waals surface area contributed by atoms with E-state index in [9.17, 15) is 43.2 Å². The summed E-state index contributed by atoms with van der Waals surface area (Å²) in [5.74, 6) is -8.23. The number of H-pyrrole nitrogens is 1. The summed E-state index contributed by atoms with van der Waals surface area (Å²) in [5, 5.41) is 13.6. The average Bonchev–Trinajstić information content (AvgIpc) is 3.81. The Hall–Kier alpha value is -6.51. The normalized spacial score (nSPS) is 21.0. The summed E-state index contributed by atoms with van der Waals surface area (Å²) in [5.41, 5.74) is 23.6. The van der Waals surface area contributed by atoms with Crippen molar-refractivity contribution in [2.24, 2.45) is 45.7 Å². The third-order valence-electron chi connectivity index (χ3n) is 11.9. The fourth-order valence-electron chi connectivity index (χ4n) is 8.06. The molecule has 21 nitrogen and oxygen atoms in total. The maximum absolute atomic E-state index is 14.6. The number of amides is 6. The monoisotopic (exact) mass is 949 g/mol. The number of rotatable bonds is 22. The number of unbranched alkanes of at least 4 members (excludes halogenated alkanes) is 2. The van der Waals surface area contributed by atoms with Crippen molar-refractivity contribution in [2.45, 2.75) is 141 Å². The summed E-state index contributed by atoms with van der Waals surface area (Å²) < 4.78 is 0. The Labute approximate surface area is 397 Å². The molecule has 0 bridgehead atoms. The van der Waals surface area contributed by atoms with Gasteiger partial charge in [-0.05, 0) is 63.5 Å². The van der Waals surface area contributed by atoms with Gasteiger partial charge in [-0.1, -0.05) is 56.5 Å². The van der Waals surface area contributed by atoms with Crippen LogP contribution in [0.3, 0.4) is 0 Å². The second-order valence-corrected chi connectivity index (χ2v) is 17.5. The van der Waals surface area contributed by atoms with Gasteiger partial charge in [-0.3, -0.25) is 48.1 Å². The maximum atomic E-state index is 14.6. The number of nitrogens with zero attached hydrogens (tertiary/aromatic N) is 2. The van der Waals surface area contributed by atoms with Crippen molar-refractivity contribution in [3.05, 3.63) is 54.1 Å². The lowest BCUT2D eigenvalue weighted by atomic mass is 9.81. The Morgan fingerprint density at radius 3 is 2.25 bits per heavy atom. The third kappa shape index (κ3) is 20.6. The van der Waals surface area contributed by atoms with Gasteiger partial charge in [-0.2, -0.15) is 0 Å². The van der Waals surface area contributed by atoms with Crippen molar-refractivity contribution >= 4 is 58.8 Å². The van der Waals surface area contributed by atoms with Crippen LogP contribution in [0.2, 0.25) is 0 Å². The van der Waals surface area contributed by atoms with E-state index in [4.69, 9.17) is 22.9 Å². The van der Waals surface area contributed by atoms with Gasteiger partial charge in [0.25, 0.3) is 0 Å². The molecule has 2 aromatic rings. The number of carbonyl (C=O) groups is 9. The lowest BCUT2D eigenvalue weighted by Gasteiger charge is -2.27. The molecule has 1 fully saturated rings. The quantitative estimate of drug-likeness (QED) is 0.0424. The topological polar surface area (TPSA) is 359 Å². The van der Waals surface area contributed by atoms with Crippen molar-refractivity contribution in [3.8, 4) is 0 Å². The van der Waals surface area contributed by atoms with Gasteiger partial charge in [0.05, 0.1) is 12.4 Å². The first kappa shape index (κ1) is 55.8. The summed E-state index contributed by atoms with van der Waals surface area (Å²) in [6.07, 6.45) is 4.71. The number of nitrogens with two attached hydrogens (primary N) is 4. The minimum absolute atomic E-state index is 0.0135. The predicted molar refractivity (Wildman–Crippen MR) is 254 cm³/mol. The van der Waals surface area contributed by atoms with E-state index in [2.05, 4.69) is 41.5 Å². The van der Waals surface area contributed by atoms with Crippen molar-refractivity contribution < 1.29 is 43.2 Å². The van der Waals surface area contributed by atoms with Crippen LogP contribution in [0.1, 0.15) is 115 Å². The Kier molecular flexibility index (Phi) is 24.6. The number of guanidine groups is 1. The molecule has 1 aliphatic rings. The van der Waals surface area contributed by atoms with E-state index in [0.29, 0.717) is 49.9 Å². The average molecular weight is 949 g/mol. The molecule has 0 spiro atoms. The molecule has 1 aromatic heterocycles. The van der Waals surface area contributed by atoms with Gasteiger partial charge in [0, 0.05) is 81.8 Å². The van der Waals surface area contributed by atoms with Gasteiger partial charge in [0.15, 0.2) is 11.7 Å². The van der Waals surface area contributed by atoms with Crippen LogP contribution in [0.4, 0.5) is 0 Å². The fourth-order valence-corrected chi connectivity index (χ4v) is 8.06. The molecule has 7 atom stereocenters. The van der Waals surface area contributed by atoms with E-state index >= 15 is 0 Å². The number of Topliss-reactive ketones (excluding diaryl/α,β-unsaturated/α-hetero) is 3. The van der Waals surface area contributed by atoms with Gasteiger partial charge >= 0.3 is 0 Å². The standard InChI is InChI=1S/C47H72N12O9/c1-3-4-15-35(56-29(2)60)44(66)57-36-16-17-42(64)53-21-18-32(40(62)25-33(43(49)65)13-8-9-19-48)23-39(61)31(14-10-20-54-47(50)51)24-41(63)37(22-30-11-6-5-7-12-30)58-46(68)38(59-45(36)67)26-34-27-52-28-55-34/h5-7,11-12,27-28,31-33,35-38H,3-4,8-10,13-26,48H2,1-2H3,(H2,49,65)(H,52,55)(H,53,64)(H,56,60)(H,57,66)(H,58,68)(H,59,67)(H4,50,51,54)/t31-,32-,33-,35?,36+,37-,38+/m1/s1. The summed E-state index contributed by atoms with van der Waals surface area (Å²) in [6.45, 7) is 3.62. The molecule has 3 rings (SSSR count). The molecule has 1 unspecified atom stereocenters. The summed E-state index contributed by atoms with van der Waals surface area (Å²) in [7, 11) is 0. The second-order valence-electron chi connectivity index (χ2n) is 17.5. The zero-order valence-electron chi connectivity index (χ0n) is 39.4. The van der Waals surface area contributed by atoms with Crippen LogP contribution in [0.25, 0.3) is 0 Å². The molecule has 68 heavy (non-hydrogen) atoms. The second kappa shape index (κ2) is 30.0. The zero-order valence-corrected chi connectivity index (χ0v) is 39.4. The van der Waals surface area contributed by atoms with Crippen molar-refractivity contribution in [3.63, 3.8) is 0 Å². The van der Waals surface area contributed by atoms with Gasteiger partial charge in [-0.15, -0.1) is 0 Å². The first-order valence-corrected chi connectivity index (χ1v) is 23.6. The number of primary amides is 1. The van der Waals surface area contributed by atoms with E-state index in [1.165, 1.54) is 19.4 Å². The fraction of sp³-hybridized carbons (Fsp3) is 0.596. The molecular formula is C47H72N12O9. The van der Waals surface area contributed by atoms with Crippen molar-refractivity contribution in [1.82, 2.24) is 36.6 Å². The maximum Gasteiger partial charge on any atom is 0.243 e. The number of aromatic nitrogens is 2.